The number of guanidine groups is 1. The summed E-state index contributed by atoms with van der Waals surface area (Å²) in [5, 5.41) is 0. The van der Waals surface area contributed by atoms with Crippen LogP contribution in [-0.2, 0) is 6.18 Å². The maximum Gasteiger partial charge on any atom is 0.419 e. The molecule has 0 aliphatic carbocycles. The highest BCUT2D eigenvalue weighted by Gasteiger charge is 2.34. The summed E-state index contributed by atoms with van der Waals surface area (Å²) in [5.41, 5.74) is 7.79. The number of benzene rings is 1. The molecule has 92 valence electrons. The molecule has 0 radical (unpaired) electrons. The molecule has 0 fully saturated rings. The van der Waals surface area contributed by atoms with E-state index in [0.717, 1.165) is 6.07 Å². The van der Waals surface area contributed by atoms with Crippen LogP contribution in [0, 0.1) is 5.82 Å². The molecule has 8 heteroatoms. The lowest BCUT2D eigenvalue weighted by molar-refractivity contribution is -0.140. The van der Waals surface area contributed by atoms with Crippen molar-refractivity contribution in [2.45, 2.75) is 6.18 Å². The largest absolute Gasteiger partial charge is 0.419 e. The van der Waals surface area contributed by atoms with Crippen LogP contribution in [0.15, 0.2) is 23.2 Å². The topological polar surface area (TPSA) is 81.5 Å². The minimum absolute atomic E-state index is 0.351. The zero-order valence-electron chi connectivity index (χ0n) is 8.25. The summed E-state index contributed by atoms with van der Waals surface area (Å²) >= 11 is 0. The average molecular weight is 249 g/mol. The first-order valence-corrected chi connectivity index (χ1v) is 4.22. The lowest BCUT2D eigenvalue weighted by atomic mass is 10.1. The number of alkyl halides is 3. The molecule has 4 N–H and O–H groups in total. The van der Waals surface area contributed by atoms with Gasteiger partial charge in [0.2, 0.25) is 0 Å². The number of nitrogens with two attached hydrogens (primary N) is 2. The minimum atomic E-state index is -4.89. The van der Waals surface area contributed by atoms with Crippen molar-refractivity contribution in [1.29, 1.82) is 0 Å². The summed E-state index contributed by atoms with van der Waals surface area (Å²) < 4.78 is 49.8. The summed E-state index contributed by atoms with van der Waals surface area (Å²) in [7, 11) is 0. The van der Waals surface area contributed by atoms with Gasteiger partial charge in [-0.3, -0.25) is 4.79 Å². The molecule has 17 heavy (non-hydrogen) atoms. The molecule has 1 amide bonds. The minimum Gasteiger partial charge on any atom is -0.370 e. The van der Waals surface area contributed by atoms with Gasteiger partial charge in [0.25, 0.3) is 5.91 Å². The van der Waals surface area contributed by atoms with Crippen molar-refractivity contribution in [3.63, 3.8) is 0 Å². The third-order valence-corrected chi connectivity index (χ3v) is 1.75. The molecule has 4 nitrogen and oxygen atoms in total. The van der Waals surface area contributed by atoms with Crippen molar-refractivity contribution in [3.8, 4) is 0 Å². The predicted molar refractivity (Wildman–Crippen MR) is 51.5 cm³/mol. The molecule has 0 aromatic heterocycles. The van der Waals surface area contributed by atoms with Crippen molar-refractivity contribution in [3.05, 3.63) is 35.1 Å². The first-order chi connectivity index (χ1) is 7.71. The van der Waals surface area contributed by atoms with Crippen LogP contribution in [0.2, 0.25) is 0 Å². The third kappa shape index (κ3) is 3.16. The van der Waals surface area contributed by atoms with E-state index < -0.39 is 35.0 Å². The molecular formula is C9H7F4N3O. The number of amides is 1. The van der Waals surface area contributed by atoms with Gasteiger partial charge in [0.1, 0.15) is 5.82 Å². The van der Waals surface area contributed by atoms with Crippen molar-refractivity contribution >= 4 is 11.9 Å². The number of aliphatic imine (C=N–C) groups is 1. The number of carbonyl (C=O) groups excluding carboxylic acids is 1. The van der Waals surface area contributed by atoms with E-state index in [-0.39, 0.29) is 0 Å². The Kier molecular flexibility index (Phi) is 3.35. The fourth-order valence-electron chi connectivity index (χ4n) is 1.06. The Morgan fingerprint density at radius 1 is 1.24 bits per heavy atom. The van der Waals surface area contributed by atoms with E-state index in [2.05, 4.69) is 4.99 Å². The number of nitrogens with zero attached hydrogens (tertiary/aromatic N) is 1. The molecule has 1 aromatic carbocycles. The monoisotopic (exact) mass is 249 g/mol. The SMILES string of the molecule is NC(N)=NC(=O)c1ccc(F)c(C(F)(F)F)c1. The van der Waals surface area contributed by atoms with E-state index in [0.29, 0.717) is 12.1 Å². The summed E-state index contributed by atoms with van der Waals surface area (Å²) in [6.45, 7) is 0. The van der Waals surface area contributed by atoms with E-state index >= 15 is 0 Å². The third-order valence-electron chi connectivity index (χ3n) is 1.75. The second-order valence-corrected chi connectivity index (χ2v) is 3.03. The highest BCUT2D eigenvalue weighted by atomic mass is 19.4. The number of carbonyl (C=O) groups is 1. The molecule has 0 unspecified atom stereocenters. The number of halogens is 4. The molecule has 1 rings (SSSR count). The van der Waals surface area contributed by atoms with Crippen LogP contribution in [0.3, 0.4) is 0 Å². The van der Waals surface area contributed by atoms with Crippen LogP contribution in [-0.4, -0.2) is 11.9 Å². The fraction of sp³-hybridized carbons (Fsp3) is 0.111. The Morgan fingerprint density at radius 2 is 1.82 bits per heavy atom. The molecule has 1 aromatic rings. The van der Waals surface area contributed by atoms with Crippen LogP contribution in [0.25, 0.3) is 0 Å². The van der Waals surface area contributed by atoms with Crippen molar-refractivity contribution in [1.82, 2.24) is 0 Å². The van der Waals surface area contributed by atoms with Gasteiger partial charge < -0.3 is 11.5 Å². The van der Waals surface area contributed by atoms with Gasteiger partial charge in [0.05, 0.1) is 5.56 Å². The summed E-state index contributed by atoms with van der Waals surface area (Å²) in [4.78, 5) is 14.3. The Hall–Kier alpha value is -2.12. The van der Waals surface area contributed by atoms with Crippen LogP contribution in [0.1, 0.15) is 15.9 Å². The van der Waals surface area contributed by atoms with Gasteiger partial charge in [-0.15, -0.1) is 0 Å². The van der Waals surface area contributed by atoms with Crippen molar-refractivity contribution in [2.24, 2.45) is 16.5 Å². The molecule has 0 spiro atoms. The normalized spacial score (nSPS) is 11.1. The quantitative estimate of drug-likeness (QED) is 0.446. The fourth-order valence-corrected chi connectivity index (χ4v) is 1.06. The number of hydrogen-bond donors (Lipinski definition) is 2. The molecule has 0 heterocycles. The molecule has 0 aliphatic heterocycles. The average Bonchev–Trinajstić information content (AvgIpc) is 2.15. The summed E-state index contributed by atoms with van der Waals surface area (Å²) in [6, 6.07) is 1.74. The second-order valence-electron chi connectivity index (χ2n) is 3.03. The van der Waals surface area contributed by atoms with E-state index in [1.165, 1.54) is 0 Å². The predicted octanol–water partition coefficient (Wildman–Crippen LogP) is 1.26. The van der Waals surface area contributed by atoms with E-state index in [4.69, 9.17) is 11.5 Å². The zero-order valence-corrected chi connectivity index (χ0v) is 8.25. The van der Waals surface area contributed by atoms with Gasteiger partial charge in [-0.2, -0.15) is 18.2 Å². The molecule has 0 saturated heterocycles. The van der Waals surface area contributed by atoms with Crippen LogP contribution in [0.5, 0.6) is 0 Å². The Balaban J connectivity index is 3.23. The lowest BCUT2D eigenvalue weighted by Crippen LogP contribution is -2.24. The zero-order chi connectivity index (χ0) is 13.2. The number of hydrogen-bond acceptors (Lipinski definition) is 1. The van der Waals surface area contributed by atoms with E-state index in [1.54, 1.807) is 0 Å². The Bertz CT molecular complexity index is 478. The second kappa shape index (κ2) is 4.40. The summed E-state index contributed by atoms with van der Waals surface area (Å²) in [6.07, 6.45) is -4.89. The first-order valence-electron chi connectivity index (χ1n) is 4.22. The van der Waals surface area contributed by atoms with Gasteiger partial charge in [0.15, 0.2) is 5.96 Å². The highest BCUT2D eigenvalue weighted by molar-refractivity contribution is 6.01. The van der Waals surface area contributed by atoms with E-state index in [1.807, 2.05) is 0 Å². The van der Waals surface area contributed by atoms with Crippen LogP contribution >= 0.6 is 0 Å². The Labute approximate surface area is 92.9 Å². The van der Waals surface area contributed by atoms with Crippen LogP contribution < -0.4 is 11.5 Å². The molecule has 0 bridgehead atoms. The highest BCUT2D eigenvalue weighted by Crippen LogP contribution is 2.31. The first kappa shape index (κ1) is 12.9. The summed E-state index contributed by atoms with van der Waals surface area (Å²) in [5.74, 6) is -3.14. The van der Waals surface area contributed by atoms with Gasteiger partial charge in [-0.1, -0.05) is 0 Å². The van der Waals surface area contributed by atoms with E-state index in [9.17, 15) is 22.4 Å². The molecule has 0 atom stereocenters. The van der Waals surface area contributed by atoms with Gasteiger partial charge >= 0.3 is 6.18 Å². The smallest absolute Gasteiger partial charge is 0.370 e. The van der Waals surface area contributed by atoms with Crippen molar-refractivity contribution in [2.75, 3.05) is 0 Å². The van der Waals surface area contributed by atoms with Gasteiger partial charge in [-0.05, 0) is 18.2 Å². The maximum atomic E-state index is 12.9. The molecule has 0 saturated carbocycles. The molecule has 0 aliphatic rings. The van der Waals surface area contributed by atoms with Gasteiger partial charge in [-0.25, -0.2) is 4.39 Å². The van der Waals surface area contributed by atoms with Gasteiger partial charge in [0, 0.05) is 5.56 Å². The Morgan fingerprint density at radius 3 is 2.29 bits per heavy atom. The standard InChI is InChI=1S/C9H7F4N3O/c10-6-2-1-4(7(17)16-8(14)15)3-5(6)9(11,12)13/h1-3H,(H4,14,15,16,17). The lowest BCUT2D eigenvalue weighted by Gasteiger charge is -2.08. The van der Waals surface area contributed by atoms with Crippen molar-refractivity contribution < 1.29 is 22.4 Å². The van der Waals surface area contributed by atoms with Crippen LogP contribution in [0.4, 0.5) is 17.6 Å². The molecular weight excluding hydrogens is 242 g/mol. The number of rotatable bonds is 1. The maximum absolute atomic E-state index is 12.9.